The van der Waals surface area contributed by atoms with Crippen LogP contribution in [0.1, 0.15) is 30.1 Å². The van der Waals surface area contributed by atoms with Crippen LogP contribution in [-0.2, 0) is 16.1 Å². The molecule has 2 heterocycles. The molecule has 1 N–H and O–H groups in total. The van der Waals surface area contributed by atoms with E-state index in [-0.39, 0.29) is 11.8 Å². The van der Waals surface area contributed by atoms with E-state index >= 15 is 0 Å². The van der Waals surface area contributed by atoms with Gasteiger partial charge in [-0.2, -0.15) is 0 Å². The van der Waals surface area contributed by atoms with Gasteiger partial charge in [-0.05, 0) is 36.2 Å². The lowest BCUT2D eigenvalue weighted by Crippen LogP contribution is -2.42. The van der Waals surface area contributed by atoms with E-state index in [2.05, 4.69) is 10.3 Å². The highest BCUT2D eigenvalue weighted by Gasteiger charge is 2.36. The molecule has 1 aromatic heterocycles. The molecule has 2 amide bonds. The number of pyridine rings is 1. The lowest BCUT2D eigenvalue weighted by Gasteiger charge is -2.33. The number of nitrogens with one attached hydrogen (secondary N) is 1. The van der Waals surface area contributed by atoms with E-state index in [9.17, 15) is 9.59 Å². The molecule has 0 bridgehead atoms. The molecule has 7 nitrogen and oxygen atoms in total. The van der Waals surface area contributed by atoms with Gasteiger partial charge in [-0.3, -0.25) is 14.5 Å². The number of carbonyl (C=O) groups excluding carboxylic acids is 2. The van der Waals surface area contributed by atoms with Crippen molar-refractivity contribution in [2.45, 2.75) is 25.5 Å². The number of hydrogen-bond donors (Lipinski definition) is 1. The normalized spacial score (nSPS) is 15.0. The van der Waals surface area contributed by atoms with Crippen molar-refractivity contribution in [3.05, 3.63) is 84.1 Å². The third kappa shape index (κ3) is 4.88. The fraction of sp³-hybridized carbons (Fsp3) is 0.240. The Morgan fingerprint density at radius 3 is 2.78 bits per heavy atom. The van der Waals surface area contributed by atoms with Gasteiger partial charge in [-0.1, -0.05) is 42.5 Å². The van der Waals surface area contributed by atoms with Crippen LogP contribution in [0.3, 0.4) is 0 Å². The average Bonchev–Trinajstić information content (AvgIpc) is 2.84. The molecule has 1 atom stereocenters. The Labute approximate surface area is 187 Å². The predicted molar refractivity (Wildman–Crippen MR) is 120 cm³/mol. The largest absolute Gasteiger partial charge is 0.497 e. The molecule has 2 aromatic carbocycles. The van der Waals surface area contributed by atoms with E-state index < -0.39 is 6.10 Å². The summed E-state index contributed by atoms with van der Waals surface area (Å²) in [4.78, 5) is 31.5. The van der Waals surface area contributed by atoms with Crippen LogP contribution in [0.15, 0.2) is 72.9 Å². The van der Waals surface area contributed by atoms with Gasteiger partial charge in [0.2, 0.25) is 12.0 Å². The van der Waals surface area contributed by atoms with Crippen LogP contribution in [0.25, 0.3) is 0 Å². The molecular formula is C25H25N3O4. The second-order valence-electron chi connectivity index (χ2n) is 7.46. The molecule has 3 aromatic rings. The van der Waals surface area contributed by atoms with Crippen molar-refractivity contribution >= 4 is 17.6 Å². The summed E-state index contributed by atoms with van der Waals surface area (Å²) in [5.74, 6) is 1.54. The van der Waals surface area contributed by atoms with E-state index in [0.29, 0.717) is 37.5 Å². The quantitative estimate of drug-likeness (QED) is 0.589. The van der Waals surface area contributed by atoms with Gasteiger partial charge >= 0.3 is 0 Å². The SMILES string of the molecule is COc1cccc(CNC(=O)CCCN2C(=O)[C@H](c3ccccc3)Oc3cccnc32)c1. The highest BCUT2D eigenvalue weighted by Crippen LogP contribution is 2.37. The molecule has 0 saturated carbocycles. The molecule has 4 rings (SSSR count). The van der Waals surface area contributed by atoms with Crippen LogP contribution in [0.4, 0.5) is 5.82 Å². The number of carbonyl (C=O) groups is 2. The van der Waals surface area contributed by atoms with Crippen LogP contribution in [0.5, 0.6) is 11.5 Å². The average molecular weight is 431 g/mol. The second-order valence-corrected chi connectivity index (χ2v) is 7.46. The number of rotatable bonds is 8. The Balaban J connectivity index is 1.37. The van der Waals surface area contributed by atoms with Crippen LogP contribution in [-0.4, -0.2) is 30.5 Å². The number of ether oxygens (including phenoxy) is 2. The maximum Gasteiger partial charge on any atom is 0.274 e. The zero-order chi connectivity index (χ0) is 22.3. The molecule has 0 saturated heterocycles. The summed E-state index contributed by atoms with van der Waals surface area (Å²) in [5.41, 5.74) is 1.75. The minimum absolute atomic E-state index is 0.0746. The minimum atomic E-state index is -0.727. The number of methoxy groups -OCH3 is 1. The van der Waals surface area contributed by atoms with Gasteiger partial charge < -0.3 is 14.8 Å². The van der Waals surface area contributed by atoms with Crippen molar-refractivity contribution in [3.63, 3.8) is 0 Å². The molecule has 0 aliphatic carbocycles. The number of amides is 2. The number of aromatic nitrogens is 1. The third-order valence-corrected chi connectivity index (χ3v) is 5.25. The van der Waals surface area contributed by atoms with E-state index in [1.807, 2.05) is 54.6 Å². The maximum atomic E-state index is 13.2. The Hall–Kier alpha value is -3.87. The Kier molecular flexibility index (Phi) is 6.65. The van der Waals surface area contributed by atoms with Gasteiger partial charge in [0.05, 0.1) is 7.11 Å². The van der Waals surface area contributed by atoms with Gasteiger partial charge in [0.25, 0.3) is 5.91 Å². The van der Waals surface area contributed by atoms with Crippen molar-refractivity contribution in [1.82, 2.24) is 10.3 Å². The lowest BCUT2D eigenvalue weighted by molar-refractivity contribution is -0.127. The van der Waals surface area contributed by atoms with Gasteiger partial charge in [-0.15, -0.1) is 0 Å². The number of nitrogens with zero attached hydrogens (tertiary/aromatic N) is 2. The van der Waals surface area contributed by atoms with Crippen molar-refractivity contribution in [1.29, 1.82) is 0 Å². The summed E-state index contributed by atoms with van der Waals surface area (Å²) in [6.45, 7) is 0.801. The molecule has 0 spiro atoms. The molecule has 32 heavy (non-hydrogen) atoms. The number of anilines is 1. The van der Waals surface area contributed by atoms with Crippen LogP contribution < -0.4 is 19.7 Å². The summed E-state index contributed by atoms with van der Waals surface area (Å²) in [6, 6.07) is 20.5. The van der Waals surface area contributed by atoms with E-state index in [1.165, 1.54) is 0 Å². The van der Waals surface area contributed by atoms with E-state index in [0.717, 1.165) is 16.9 Å². The molecule has 7 heteroatoms. The summed E-state index contributed by atoms with van der Waals surface area (Å²) >= 11 is 0. The molecule has 0 unspecified atom stereocenters. The van der Waals surface area contributed by atoms with Crippen LogP contribution >= 0.6 is 0 Å². The Morgan fingerprint density at radius 2 is 1.97 bits per heavy atom. The smallest absolute Gasteiger partial charge is 0.274 e. The highest BCUT2D eigenvalue weighted by molar-refractivity contribution is 5.99. The minimum Gasteiger partial charge on any atom is -0.497 e. The maximum absolute atomic E-state index is 13.2. The van der Waals surface area contributed by atoms with Crippen molar-refractivity contribution in [2.24, 2.45) is 0 Å². The standard InChI is InChI=1S/C25H25N3O4/c1-31-20-11-5-8-18(16-20)17-27-22(29)13-7-15-28-24-21(12-6-14-26-24)32-23(25(28)30)19-9-3-2-4-10-19/h2-6,8-12,14,16,23H,7,13,15,17H2,1H3,(H,27,29)/t23-/m0/s1. The molecular weight excluding hydrogens is 406 g/mol. The van der Waals surface area contributed by atoms with E-state index in [1.54, 1.807) is 30.3 Å². The van der Waals surface area contributed by atoms with Crippen molar-refractivity contribution in [3.8, 4) is 11.5 Å². The summed E-state index contributed by atoms with van der Waals surface area (Å²) in [6.07, 6.45) is 1.71. The molecule has 1 aliphatic rings. The van der Waals surface area contributed by atoms with Crippen LogP contribution in [0, 0.1) is 0 Å². The number of fused-ring (bicyclic) bond motifs is 1. The topological polar surface area (TPSA) is 80.8 Å². The third-order valence-electron chi connectivity index (χ3n) is 5.25. The zero-order valence-corrected chi connectivity index (χ0v) is 17.9. The number of benzene rings is 2. The zero-order valence-electron chi connectivity index (χ0n) is 17.9. The first-order valence-corrected chi connectivity index (χ1v) is 10.5. The van der Waals surface area contributed by atoms with Crippen LogP contribution in [0.2, 0.25) is 0 Å². The molecule has 0 radical (unpaired) electrons. The fourth-order valence-corrected chi connectivity index (χ4v) is 3.62. The predicted octanol–water partition coefficient (Wildman–Crippen LogP) is 3.65. The molecule has 164 valence electrons. The monoisotopic (exact) mass is 431 g/mol. The Bertz CT molecular complexity index is 1090. The van der Waals surface area contributed by atoms with Gasteiger partial charge in [0, 0.05) is 31.3 Å². The van der Waals surface area contributed by atoms with Gasteiger partial charge in [0.15, 0.2) is 11.6 Å². The van der Waals surface area contributed by atoms with Crippen molar-refractivity contribution < 1.29 is 19.1 Å². The first-order chi connectivity index (χ1) is 15.7. The summed E-state index contributed by atoms with van der Waals surface area (Å²) in [5, 5.41) is 2.91. The molecule has 0 fully saturated rings. The Morgan fingerprint density at radius 1 is 1.12 bits per heavy atom. The highest BCUT2D eigenvalue weighted by atomic mass is 16.5. The van der Waals surface area contributed by atoms with Gasteiger partial charge in [-0.25, -0.2) is 4.98 Å². The first-order valence-electron chi connectivity index (χ1n) is 10.5. The summed E-state index contributed by atoms with van der Waals surface area (Å²) < 4.78 is 11.2. The van der Waals surface area contributed by atoms with Crippen molar-refractivity contribution in [2.75, 3.05) is 18.6 Å². The van der Waals surface area contributed by atoms with E-state index in [4.69, 9.17) is 9.47 Å². The number of hydrogen-bond acceptors (Lipinski definition) is 5. The van der Waals surface area contributed by atoms with Gasteiger partial charge in [0.1, 0.15) is 5.75 Å². The summed E-state index contributed by atoms with van der Waals surface area (Å²) in [7, 11) is 1.61. The second kappa shape index (κ2) is 9.96. The molecule has 1 aliphatic heterocycles. The lowest BCUT2D eigenvalue weighted by atomic mass is 10.1. The fourth-order valence-electron chi connectivity index (χ4n) is 3.62. The first kappa shape index (κ1) is 21.4.